The number of aliphatic carboxylic acids is 1. The molecule has 1 atom stereocenters. The van der Waals surface area contributed by atoms with Crippen LogP contribution in [0.25, 0.3) is 0 Å². The number of pyridine rings is 1. The maximum absolute atomic E-state index is 13.6. The van der Waals surface area contributed by atoms with E-state index in [1.54, 1.807) is 4.90 Å². The van der Waals surface area contributed by atoms with Crippen LogP contribution in [0.4, 0.5) is 10.2 Å². The first kappa shape index (κ1) is 12.3. The molecule has 1 saturated heterocycles. The minimum absolute atomic E-state index is 0.0634. The molecule has 5 nitrogen and oxygen atoms in total. The number of aromatic nitrogens is 1. The maximum Gasteiger partial charge on any atom is 0.325 e. The van der Waals surface area contributed by atoms with E-state index in [-0.39, 0.29) is 18.8 Å². The number of hydrogen-bond acceptors (Lipinski definition) is 4. The molecule has 1 fully saturated rings. The standard InChI is InChI=1S/C10H11BrFN3O2/c11-6-3-7(12)8(14-4-6)15-2-1-10(13,5-15)9(16)17/h3-4H,1-2,5,13H2,(H,16,17). The largest absolute Gasteiger partial charge is 0.480 e. The number of nitrogens with zero attached hydrogens (tertiary/aromatic N) is 2. The smallest absolute Gasteiger partial charge is 0.325 e. The highest BCUT2D eigenvalue weighted by Gasteiger charge is 2.42. The Balaban J connectivity index is 2.24. The van der Waals surface area contributed by atoms with Crippen LogP contribution in [0.2, 0.25) is 0 Å². The van der Waals surface area contributed by atoms with E-state index in [0.29, 0.717) is 11.0 Å². The topological polar surface area (TPSA) is 79.5 Å². The van der Waals surface area contributed by atoms with Crippen molar-refractivity contribution in [2.24, 2.45) is 5.73 Å². The van der Waals surface area contributed by atoms with Gasteiger partial charge in [0.25, 0.3) is 0 Å². The fourth-order valence-corrected chi connectivity index (χ4v) is 2.13. The van der Waals surface area contributed by atoms with Crippen molar-refractivity contribution in [1.82, 2.24) is 4.98 Å². The van der Waals surface area contributed by atoms with Crippen molar-refractivity contribution in [3.63, 3.8) is 0 Å². The van der Waals surface area contributed by atoms with E-state index in [2.05, 4.69) is 20.9 Å². The first-order valence-corrected chi connectivity index (χ1v) is 5.80. The fraction of sp³-hybridized carbons (Fsp3) is 0.400. The lowest BCUT2D eigenvalue weighted by Crippen LogP contribution is -2.50. The Labute approximate surface area is 106 Å². The van der Waals surface area contributed by atoms with Crippen LogP contribution in [0, 0.1) is 5.82 Å². The number of anilines is 1. The molecule has 1 aliphatic rings. The number of carbonyl (C=O) groups is 1. The Morgan fingerprint density at radius 2 is 2.41 bits per heavy atom. The van der Waals surface area contributed by atoms with Gasteiger partial charge in [-0.25, -0.2) is 9.37 Å². The number of carboxylic acid groups (broad SMARTS) is 1. The zero-order valence-electron chi connectivity index (χ0n) is 8.86. The van der Waals surface area contributed by atoms with Gasteiger partial charge in [0.2, 0.25) is 0 Å². The van der Waals surface area contributed by atoms with Crippen molar-refractivity contribution in [2.75, 3.05) is 18.0 Å². The van der Waals surface area contributed by atoms with Crippen LogP contribution in [0.3, 0.4) is 0 Å². The average Bonchev–Trinajstić information content (AvgIpc) is 2.62. The van der Waals surface area contributed by atoms with Gasteiger partial charge >= 0.3 is 5.97 Å². The van der Waals surface area contributed by atoms with Crippen LogP contribution in [0.5, 0.6) is 0 Å². The Morgan fingerprint density at radius 1 is 1.71 bits per heavy atom. The summed E-state index contributed by atoms with van der Waals surface area (Å²) in [5.74, 6) is -1.42. The second kappa shape index (κ2) is 4.23. The molecular formula is C10H11BrFN3O2. The van der Waals surface area contributed by atoms with Gasteiger partial charge in [-0.2, -0.15) is 0 Å². The van der Waals surface area contributed by atoms with Gasteiger partial charge in [-0.05, 0) is 28.4 Å². The van der Waals surface area contributed by atoms with E-state index in [0.717, 1.165) is 0 Å². The van der Waals surface area contributed by atoms with Gasteiger partial charge in [-0.3, -0.25) is 4.79 Å². The molecule has 0 amide bonds. The number of rotatable bonds is 2. The van der Waals surface area contributed by atoms with Crippen LogP contribution in [-0.4, -0.2) is 34.7 Å². The van der Waals surface area contributed by atoms with Gasteiger partial charge < -0.3 is 15.7 Å². The molecule has 7 heteroatoms. The zero-order chi connectivity index (χ0) is 12.6. The lowest BCUT2D eigenvalue weighted by Gasteiger charge is -2.21. The normalized spacial score (nSPS) is 24.1. The molecule has 1 aromatic rings. The van der Waals surface area contributed by atoms with Crippen molar-refractivity contribution in [3.8, 4) is 0 Å². The number of hydrogen-bond donors (Lipinski definition) is 2. The van der Waals surface area contributed by atoms with E-state index in [1.807, 2.05) is 0 Å². The Kier molecular flexibility index (Phi) is 3.05. The van der Waals surface area contributed by atoms with Crippen molar-refractivity contribution in [1.29, 1.82) is 0 Å². The minimum Gasteiger partial charge on any atom is -0.480 e. The van der Waals surface area contributed by atoms with Crippen LogP contribution >= 0.6 is 15.9 Å². The van der Waals surface area contributed by atoms with Crippen LogP contribution in [-0.2, 0) is 4.79 Å². The summed E-state index contributed by atoms with van der Waals surface area (Å²) < 4.78 is 14.2. The summed E-state index contributed by atoms with van der Waals surface area (Å²) in [6.07, 6.45) is 1.75. The highest BCUT2D eigenvalue weighted by molar-refractivity contribution is 9.10. The Hall–Kier alpha value is -1.21. The first-order chi connectivity index (χ1) is 7.92. The van der Waals surface area contributed by atoms with Crippen molar-refractivity contribution >= 4 is 27.7 Å². The van der Waals surface area contributed by atoms with E-state index in [1.165, 1.54) is 12.3 Å². The molecule has 0 aromatic carbocycles. The molecule has 92 valence electrons. The van der Waals surface area contributed by atoms with Crippen molar-refractivity contribution in [2.45, 2.75) is 12.0 Å². The molecule has 3 N–H and O–H groups in total. The summed E-state index contributed by atoms with van der Waals surface area (Å²) in [6, 6.07) is 1.29. The third kappa shape index (κ3) is 2.25. The molecule has 1 unspecified atom stereocenters. The molecule has 0 aliphatic carbocycles. The van der Waals surface area contributed by atoms with E-state index in [9.17, 15) is 9.18 Å². The summed E-state index contributed by atoms with van der Waals surface area (Å²) in [7, 11) is 0. The molecule has 2 rings (SSSR count). The highest BCUT2D eigenvalue weighted by atomic mass is 79.9. The van der Waals surface area contributed by atoms with Gasteiger partial charge in [-0.15, -0.1) is 0 Å². The first-order valence-electron chi connectivity index (χ1n) is 5.01. The molecule has 0 bridgehead atoms. The van der Waals surface area contributed by atoms with Crippen LogP contribution < -0.4 is 10.6 Å². The highest BCUT2D eigenvalue weighted by Crippen LogP contribution is 2.27. The lowest BCUT2D eigenvalue weighted by molar-refractivity contribution is -0.142. The number of halogens is 2. The quantitative estimate of drug-likeness (QED) is 0.851. The molecular weight excluding hydrogens is 293 g/mol. The Bertz CT molecular complexity index is 471. The van der Waals surface area contributed by atoms with Gasteiger partial charge in [0.15, 0.2) is 11.6 Å². The summed E-state index contributed by atoms with van der Waals surface area (Å²) in [5, 5.41) is 8.98. The third-order valence-corrected chi connectivity index (χ3v) is 3.25. The summed E-state index contributed by atoms with van der Waals surface area (Å²) in [6.45, 7) is 0.447. The van der Waals surface area contributed by atoms with E-state index in [4.69, 9.17) is 10.8 Å². The molecule has 2 heterocycles. The van der Waals surface area contributed by atoms with Crippen LogP contribution in [0.1, 0.15) is 6.42 Å². The molecule has 1 aromatic heterocycles. The molecule has 0 spiro atoms. The predicted octanol–water partition coefficient (Wildman–Crippen LogP) is 0.975. The molecule has 0 saturated carbocycles. The third-order valence-electron chi connectivity index (χ3n) is 2.81. The molecule has 1 aliphatic heterocycles. The van der Waals surface area contributed by atoms with Gasteiger partial charge in [0.05, 0.1) is 0 Å². The van der Waals surface area contributed by atoms with Crippen molar-refractivity contribution < 1.29 is 14.3 Å². The zero-order valence-corrected chi connectivity index (χ0v) is 10.4. The number of nitrogens with two attached hydrogens (primary N) is 1. The van der Waals surface area contributed by atoms with Crippen molar-refractivity contribution in [3.05, 3.63) is 22.6 Å². The predicted molar refractivity (Wildman–Crippen MR) is 63.3 cm³/mol. The second-order valence-electron chi connectivity index (χ2n) is 4.09. The van der Waals surface area contributed by atoms with Crippen LogP contribution in [0.15, 0.2) is 16.7 Å². The maximum atomic E-state index is 13.6. The minimum atomic E-state index is -1.32. The Morgan fingerprint density at radius 3 is 2.94 bits per heavy atom. The van der Waals surface area contributed by atoms with E-state index < -0.39 is 17.3 Å². The summed E-state index contributed by atoms with van der Waals surface area (Å²) >= 11 is 3.11. The lowest BCUT2D eigenvalue weighted by atomic mass is 10.0. The SMILES string of the molecule is NC1(C(=O)O)CCN(c2ncc(Br)cc2F)C1. The van der Waals surface area contributed by atoms with Gasteiger partial charge in [0.1, 0.15) is 5.54 Å². The molecule has 17 heavy (non-hydrogen) atoms. The van der Waals surface area contributed by atoms with E-state index >= 15 is 0 Å². The second-order valence-corrected chi connectivity index (χ2v) is 5.01. The summed E-state index contributed by atoms with van der Waals surface area (Å²) in [5.41, 5.74) is 4.39. The van der Waals surface area contributed by atoms with Gasteiger partial charge in [0, 0.05) is 23.8 Å². The molecule has 0 radical (unpaired) electrons. The van der Waals surface area contributed by atoms with Gasteiger partial charge in [-0.1, -0.05) is 0 Å². The monoisotopic (exact) mass is 303 g/mol. The summed E-state index contributed by atoms with van der Waals surface area (Å²) in [4.78, 5) is 16.5. The fourth-order valence-electron chi connectivity index (χ4n) is 1.83. The number of carboxylic acids is 1. The average molecular weight is 304 g/mol.